The van der Waals surface area contributed by atoms with Crippen LogP contribution in [0, 0.1) is 0 Å². The molecule has 0 aliphatic rings. The van der Waals surface area contributed by atoms with E-state index in [-0.39, 0.29) is 10.8 Å². The van der Waals surface area contributed by atoms with Gasteiger partial charge in [0.2, 0.25) is 0 Å². The maximum absolute atomic E-state index is 12.2. The van der Waals surface area contributed by atoms with E-state index in [9.17, 15) is 13.2 Å². The maximum Gasteiger partial charge on any atom is 0.255 e. The Balaban J connectivity index is 2.21. The summed E-state index contributed by atoms with van der Waals surface area (Å²) in [6, 6.07) is 13.5. The highest BCUT2D eigenvalue weighted by Crippen LogP contribution is 2.17. The van der Waals surface area contributed by atoms with E-state index in [2.05, 4.69) is 5.32 Å². The topological polar surface area (TPSA) is 63.2 Å². The largest absolute Gasteiger partial charge is 0.322 e. The van der Waals surface area contributed by atoms with Crippen molar-refractivity contribution in [3.8, 4) is 0 Å². The van der Waals surface area contributed by atoms with Crippen molar-refractivity contribution in [3.63, 3.8) is 0 Å². The molecule has 0 atom stereocenters. The highest BCUT2D eigenvalue weighted by atomic mass is 32.2. The summed E-state index contributed by atoms with van der Waals surface area (Å²) < 4.78 is 22.8. The normalized spacial score (nSPS) is 11.1. The molecule has 0 saturated heterocycles. The van der Waals surface area contributed by atoms with Crippen molar-refractivity contribution in [3.05, 3.63) is 59.7 Å². The van der Waals surface area contributed by atoms with Crippen LogP contribution in [0.4, 0.5) is 5.69 Å². The number of anilines is 1. The van der Waals surface area contributed by atoms with Crippen LogP contribution in [0.1, 0.15) is 22.8 Å². The van der Waals surface area contributed by atoms with Crippen molar-refractivity contribution in [2.45, 2.75) is 18.2 Å². The minimum atomic E-state index is -3.25. The third kappa shape index (κ3) is 3.70. The van der Waals surface area contributed by atoms with E-state index >= 15 is 0 Å². The molecular weight excluding hydrogens is 286 g/mol. The molecule has 0 spiro atoms. The number of carbonyl (C=O) groups excluding carboxylic acids is 1. The highest BCUT2D eigenvalue weighted by Gasteiger charge is 2.11. The van der Waals surface area contributed by atoms with Gasteiger partial charge in [0.05, 0.1) is 4.90 Å². The van der Waals surface area contributed by atoms with Crippen molar-refractivity contribution < 1.29 is 13.2 Å². The Kier molecular flexibility index (Phi) is 4.43. The molecule has 2 rings (SSSR count). The fourth-order valence-electron chi connectivity index (χ4n) is 2.00. The van der Waals surface area contributed by atoms with Crippen molar-refractivity contribution in [2.24, 2.45) is 0 Å². The number of nitrogens with one attached hydrogen (secondary N) is 1. The fraction of sp³-hybridized carbons (Fsp3) is 0.188. The summed E-state index contributed by atoms with van der Waals surface area (Å²) in [6.07, 6.45) is 1.96. The van der Waals surface area contributed by atoms with Crippen molar-refractivity contribution in [1.29, 1.82) is 0 Å². The first-order chi connectivity index (χ1) is 9.91. The maximum atomic E-state index is 12.2. The second-order valence-electron chi connectivity index (χ2n) is 4.76. The van der Waals surface area contributed by atoms with Crippen LogP contribution >= 0.6 is 0 Å². The van der Waals surface area contributed by atoms with Crippen LogP contribution in [0.3, 0.4) is 0 Å². The van der Waals surface area contributed by atoms with Gasteiger partial charge in [-0.2, -0.15) is 0 Å². The number of aryl methyl sites for hydroxylation is 1. The van der Waals surface area contributed by atoms with Gasteiger partial charge in [-0.05, 0) is 42.3 Å². The Morgan fingerprint density at radius 2 is 1.67 bits per heavy atom. The summed E-state index contributed by atoms with van der Waals surface area (Å²) in [5, 5.41) is 2.85. The molecule has 0 aromatic heterocycles. The number of benzene rings is 2. The minimum Gasteiger partial charge on any atom is -0.322 e. The van der Waals surface area contributed by atoms with E-state index in [1.807, 2.05) is 31.2 Å². The van der Waals surface area contributed by atoms with E-state index in [0.717, 1.165) is 23.9 Å². The van der Waals surface area contributed by atoms with E-state index in [1.54, 1.807) is 0 Å². The molecule has 0 aliphatic heterocycles. The van der Waals surface area contributed by atoms with Crippen molar-refractivity contribution in [1.82, 2.24) is 0 Å². The van der Waals surface area contributed by atoms with Crippen LogP contribution in [-0.2, 0) is 16.3 Å². The van der Waals surface area contributed by atoms with Gasteiger partial charge < -0.3 is 5.32 Å². The Morgan fingerprint density at radius 1 is 1.05 bits per heavy atom. The molecule has 0 bridgehead atoms. The molecule has 0 unspecified atom stereocenters. The average Bonchev–Trinajstić information content (AvgIpc) is 2.47. The first-order valence-electron chi connectivity index (χ1n) is 6.61. The van der Waals surface area contributed by atoms with Crippen LogP contribution < -0.4 is 5.32 Å². The van der Waals surface area contributed by atoms with E-state index in [0.29, 0.717) is 5.56 Å². The standard InChI is InChI=1S/C16H17NO3S/c1-3-12-6-4-5-7-15(12)17-16(18)13-8-10-14(11-9-13)21(2,19)20/h4-11H,3H2,1-2H3,(H,17,18). The summed E-state index contributed by atoms with van der Waals surface area (Å²) in [7, 11) is -3.25. The van der Waals surface area contributed by atoms with Crippen molar-refractivity contribution in [2.75, 3.05) is 11.6 Å². The van der Waals surface area contributed by atoms with Crippen molar-refractivity contribution >= 4 is 21.4 Å². The van der Waals surface area contributed by atoms with Gasteiger partial charge >= 0.3 is 0 Å². The third-order valence-electron chi connectivity index (χ3n) is 3.19. The molecule has 110 valence electrons. The number of carbonyl (C=O) groups is 1. The predicted octanol–water partition coefficient (Wildman–Crippen LogP) is 2.90. The summed E-state index contributed by atoms with van der Waals surface area (Å²) >= 11 is 0. The molecule has 2 aromatic rings. The molecule has 1 N–H and O–H groups in total. The third-order valence-corrected chi connectivity index (χ3v) is 4.32. The lowest BCUT2D eigenvalue weighted by atomic mass is 10.1. The Labute approximate surface area is 124 Å². The van der Waals surface area contributed by atoms with E-state index in [4.69, 9.17) is 0 Å². The molecule has 21 heavy (non-hydrogen) atoms. The zero-order chi connectivity index (χ0) is 15.5. The fourth-order valence-corrected chi connectivity index (χ4v) is 2.63. The molecule has 5 heteroatoms. The number of sulfone groups is 1. The first kappa shape index (κ1) is 15.3. The van der Waals surface area contributed by atoms with Gasteiger partial charge in [-0.3, -0.25) is 4.79 Å². The number of para-hydroxylation sites is 1. The minimum absolute atomic E-state index is 0.202. The van der Waals surface area contributed by atoms with Gasteiger partial charge in [0, 0.05) is 17.5 Å². The quantitative estimate of drug-likeness (QED) is 0.944. The summed E-state index contributed by atoms with van der Waals surface area (Å²) in [4.78, 5) is 12.4. The number of hydrogen-bond donors (Lipinski definition) is 1. The van der Waals surface area contributed by atoms with E-state index < -0.39 is 9.84 Å². The van der Waals surface area contributed by atoms with E-state index in [1.165, 1.54) is 24.3 Å². The summed E-state index contributed by atoms with van der Waals surface area (Å²) in [5.74, 6) is -0.254. The predicted molar refractivity (Wildman–Crippen MR) is 83.3 cm³/mol. The van der Waals surface area contributed by atoms with Crippen LogP contribution in [0.25, 0.3) is 0 Å². The first-order valence-corrected chi connectivity index (χ1v) is 8.50. The molecule has 0 fully saturated rings. The smallest absolute Gasteiger partial charge is 0.255 e. The summed E-state index contributed by atoms with van der Waals surface area (Å²) in [5.41, 5.74) is 2.25. The van der Waals surface area contributed by atoms with Crippen LogP contribution in [0.15, 0.2) is 53.4 Å². The molecule has 0 radical (unpaired) electrons. The van der Waals surface area contributed by atoms with Crippen LogP contribution in [0.2, 0.25) is 0 Å². The zero-order valence-electron chi connectivity index (χ0n) is 12.0. The lowest BCUT2D eigenvalue weighted by molar-refractivity contribution is 0.102. The zero-order valence-corrected chi connectivity index (χ0v) is 12.8. The molecule has 2 aromatic carbocycles. The SMILES string of the molecule is CCc1ccccc1NC(=O)c1ccc(S(C)(=O)=O)cc1. The van der Waals surface area contributed by atoms with Crippen LogP contribution in [0.5, 0.6) is 0 Å². The van der Waals surface area contributed by atoms with Gasteiger partial charge in [-0.25, -0.2) is 8.42 Å². The number of hydrogen-bond acceptors (Lipinski definition) is 3. The van der Waals surface area contributed by atoms with Gasteiger partial charge in [0.25, 0.3) is 5.91 Å². The molecule has 4 nitrogen and oxygen atoms in total. The molecule has 1 amide bonds. The Hall–Kier alpha value is -2.14. The average molecular weight is 303 g/mol. The monoisotopic (exact) mass is 303 g/mol. The van der Waals surface area contributed by atoms with Gasteiger partial charge in [0.1, 0.15) is 0 Å². The molecular formula is C16H17NO3S. The van der Waals surface area contributed by atoms with Crippen LogP contribution in [-0.4, -0.2) is 20.6 Å². The lowest BCUT2D eigenvalue weighted by Crippen LogP contribution is -2.13. The summed E-state index contributed by atoms with van der Waals surface area (Å²) in [6.45, 7) is 2.02. The Morgan fingerprint density at radius 3 is 2.24 bits per heavy atom. The van der Waals surface area contributed by atoms with Gasteiger partial charge in [-0.1, -0.05) is 25.1 Å². The molecule has 0 heterocycles. The molecule has 0 aliphatic carbocycles. The second kappa shape index (κ2) is 6.10. The molecule has 0 saturated carbocycles. The van der Waals surface area contributed by atoms with Gasteiger partial charge in [0.15, 0.2) is 9.84 Å². The highest BCUT2D eigenvalue weighted by molar-refractivity contribution is 7.90. The van der Waals surface area contributed by atoms with Gasteiger partial charge in [-0.15, -0.1) is 0 Å². The second-order valence-corrected chi connectivity index (χ2v) is 6.78. The lowest BCUT2D eigenvalue weighted by Gasteiger charge is -2.09. The number of amides is 1. The number of rotatable bonds is 4. The Bertz CT molecular complexity index is 749.